The van der Waals surface area contributed by atoms with Crippen molar-refractivity contribution in [2.45, 2.75) is 51.0 Å². The van der Waals surface area contributed by atoms with Crippen molar-refractivity contribution in [3.8, 4) is 0 Å². The van der Waals surface area contributed by atoms with Crippen molar-refractivity contribution in [3.63, 3.8) is 0 Å². The minimum absolute atomic E-state index is 0.0284. The lowest BCUT2D eigenvalue weighted by molar-refractivity contribution is -0.123. The van der Waals surface area contributed by atoms with Gasteiger partial charge in [-0.3, -0.25) is 4.79 Å². The van der Waals surface area contributed by atoms with E-state index in [1.807, 2.05) is 4.90 Å². The Labute approximate surface area is 138 Å². The topological polar surface area (TPSA) is 78.7 Å². The van der Waals surface area contributed by atoms with Crippen LogP contribution in [0.25, 0.3) is 0 Å². The Hall–Kier alpha value is -1.30. The number of likely N-dealkylation sites (tertiary alicyclic amines) is 2. The van der Waals surface area contributed by atoms with Crippen LogP contribution < -0.4 is 11.1 Å². The fourth-order valence-corrected chi connectivity index (χ4v) is 4.31. The summed E-state index contributed by atoms with van der Waals surface area (Å²) in [6, 6.07) is 0.304. The third kappa shape index (κ3) is 4.37. The summed E-state index contributed by atoms with van der Waals surface area (Å²) in [5.41, 5.74) is 5.34. The minimum atomic E-state index is -0.233. The van der Waals surface area contributed by atoms with Gasteiger partial charge < -0.3 is 20.9 Å². The maximum absolute atomic E-state index is 12.4. The summed E-state index contributed by atoms with van der Waals surface area (Å²) in [5, 5.41) is 3.18. The molecule has 0 spiro atoms. The number of carbonyl (C=O) groups is 2. The summed E-state index contributed by atoms with van der Waals surface area (Å²) in [6.45, 7) is 4.57. The summed E-state index contributed by atoms with van der Waals surface area (Å²) < 4.78 is 0. The number of piperidine rings is 1. The van der Waals surface area contributed by atoms with E-state index in [1.165, 1.54) is 32.2 Å². The molecular weight excluding hydrogens is 292 g/mol. The molecule has 2 saturated heterocycles. The largest absolute Gasteiger partial charge is 0.369 e. The molecular formula is C17H30N4O2. The average Bonchev–Trinajstić information content (AvgIpc) is 3.20. The maximum atomic E-state index is 12.4. The number of rotatable bonds is 4. The molecule has 1 aliphatic carbocycles. The van der Waals surface area contributed by atoms with Crippen LogP contribution in [-0.4, -0.2) is 60.5 Å². The molecule has 3 N–H and O–H groups in total. The van der Waals surface area contributed by atoms with Crippen LogP contribution in [-0.2, 0) is 4.79 Å². The molecule has 3 rings (SSSR count). The molecule has 130 valence electrons. The highest BCUT2D eigenvalue weighted by molar-refractivity contribution is 5.78. The Morgan fingerprint density at radius 1 is 1.00 bits per heavy atom. The van der Waals surface area contributed by atoms with Gasteiger partial charge in [0, 0.05) is 44.7 Å². The number of amides is 3. The lowest BCUT2D eigenvalue weighted by atomic mass is 9.96. The van der Waals surface area contributed by atoms with Gasteiger partial charge in [0.2, 0.25) is 5.91 Å². The van der Waals surface area contributed by atoms with Gasteiger partial charge in [0.15, 0.2) is 0 Å². The van der Waals surface area contributed by atoms with E-state index in [2.05, 4.69) is 10.2 Å². The first-order valence-electron chi connectivity index (χ1n) is 9.19. The first kappa shape index (κ1) is 16.6. The normalized spacial score (nSPS) is 27.5. The zero-order valence-corrected chi connectivity index (χ0v) is 14.0. The Morgan fingerprint density at radius 3 is 2.35 bits per heavy atom. The van der Waals surface area contributed by atoms with Crippen molar-refractivity contribution in [1.29, 1.82) is 0 Å². The summed E-state index contributed by atoms with van der Waals surface area (Å²) in [6.07, 6.45) is 7.98. The SMILES string of the molecule is NC(=O)C1CCN(C(=O)N[C@@H]2CCN(CC3CCCC3)C2)CC1. The Morgan fingerprint density at radius 2 is 1.70 bits per heavy atom. The van der Waals surface area contributed by atoms with E-state index in [0.29, 0.717) is 25.9 Å². The predicted molar refractivity (Wildman–Crippen MR) is 88.8 cm³/mol. The third-order valence-electron chi connectivity index (χ3n) is 5.78. The second kappa shape index (κ2) is 7.51. The van der Waals surface area contributed by atoms with Crippen molar-refractivity contribution in [1.82, 2.24) is 15.1 Å². The summed E-state index contributed by atoms with van der Waals surface area (Å²) in [5.74, 6) is 0.577. The van der Waals surface area contributed by atoms with Gasteiger partial charge in [-0.25, -0.2) is 4.79 Å². The number of nitrogens with zero attached hydrogens (tertiary/aromatic N) is 2. The van der Waals surface area contributed by atoms with Crippen molar-refractivity contribution in [2.24, 2.45) is 17.6 Å². The quantitative estimate of drug-likeness (QED) is 0.815. The highest BCUT2D eigenvalue weighted by Gasteiger charge is 2.30. The first-order valence-corrected chi connectivity index (χ1v) is 9.19. The lowest BCUT2D eigenvalue weighted by Gasteiger charge is -2.31. The van der Waals surface area contributed by atoms with E-state index >= 15 is 0 Å². The van der Waals surface area contributed by atoms with E-state index in [0.717, 1.165) is 25.4 Å². The van der Waals surface area contributed by atoms with Crippen LogP contribution in [0.15, 0.2) is 0 Å². The van der Waals surface area contributed by atoms with E-state index in [-0.39, 0.29) is 23.9 Å². The molecule has 1 saturated carbocycles. The molecule has 0 aromatic rings. The molecule has 0 bridgehead atoms. The zero-order valence-electron chi connectivity index (χ0n) is 14.0. The van der Waals surface area contributed by atoms with Gasteiger partial charge in [0.1, 0.15) is 0 Å². The van der Waals surface area contributed by atoms with E-state index in [9.17, 15) is 9.59 Å². The van der Waals surface area contributed by atoms with Crippen LogP contribution >= 0.6 is 0 Å². The number of urea groups is 1. The predicted octanol–water partition coefficient (Wildman–Crippen LogP) is 1.16. The molecule has 2 aliphatic heterocycles. The number of hydrogen-bond acceptors (Lipinski definition) is 3. The first-order chi connectivity index (χ1) is 11.1. The molecule has 0 aromatic heterocycles. The van der Waals surface area contributed by atoms with E-state index in [4.69, 9.17) is 5.73 Å². The molecule has 0 unspecified atom stereocenters. The highest BCUT2D eigenvalue weighted by atomic mass is 16.2. The molecule has 0 radical (unpaired) electrons. The van der Waals surface area contributed by atoms with Gasteiger partial charge in [0.25, 0.3) is 0 Å². The van der Waals surface area contributed by atoms with Crippen molar-refractivity contribution < 1.29 is 9.59 Å². The number of nitrogens with two attached hydrogens (primary N) is 1. The third-order valence-corrected chi connectivity index (χ3v) is 5.78. The number of nitrogens with one attached hydrogen (secondary N) is 1. The molecule has 1 atom stereocenters. The molecule has 6 nitrogen and oxygen atoms in total. The van der Waals surface area contributed by atoms with Crippen LogP contribution in [0.4, 0.5) is 4.79 Å². The van der Waals surface area contributed by atoms with Crippen LogP contribution in [0, 0.1) is 11.8 Å². The average molecular weight is 322 g/mol. The van der Waals surface area contributed by atoms with Crippen LogP contribution in [0.5, 0.6) is 0 Å². The second-order valence-corrected chi connectivity index (χ2v) is 7.51. The molecule has 2 heterocycles. The van der Waals surface area contributed by atoms with Gasteiger partial charge in [0.05, 0.1) is 0 Å². The van der Waals surface area contributed by atoms with Crippen molar-refractivity contribution in [3.05, 3.63) is 0 Å². The maximum Gasteiger partial charge on any atom is 0.317 e. The number of carbonyl (C=O) groups excluding carboxylic acids is 2. The number of hydrogen-bond donors (Lipinski definition) is 2. The van der Waals surface area contributed by atoms with Gasteiger partial charge >= 0.3 is 6.03 Å². The zero-order chi connectivity index (χ0) is 16.2. The number of primary amides is 1. The lowest BCUT2D eigenvalue weighted by Crippen LogP contribution is -2.49. The highest BCUT2D eigenvalue weighted by Crippen LogP contribution is 2.26. The molecule has 3 fully saturated rings. The minimum Gasteiger partial charge on any atom is -0.369 e. The van der Waals surface area contributed by atoms with Crippen LogP contribution in [0.1, 0.15) is 44.9 Å². The van der Waals surface area contributed by atoms with Gasteiger partial charge in [-0.1, -0.05) is 12.8 Å². The van der Waals surface area contributed by atoms with Crippen molar-refractivity contribution in [2.75, 3.05) is 32.7 Å². The molecule has 6 heteroatoms. The monoisotopic (exact) mass is 322 g/mol. The molecule has 0 aromatic carbocycles. The summed E-state index contributed by atoms with van der Waals surface area (Å²) in [7, 11) is 0. The van der Waals surface area contributed by atoms with Gasteiger partial charge in [-0.15, -0.1) is 0 Å². The molecule has 23 heavy (non-hydrogen) atoms. The summed E-state index contributed by atoms with van der Waals surface area (Å²) >= 11 is 0. The Bertz CT molecular complexity index is 428. The van der Waals surface area contributed by atoms with Crippen LogP contribution in [0.3, 0.4) is 0 Å². The van der Waals surface area contributed by atoms with Gasteiger partial charge in [-0.2, -0.15) is 0 Å². The molecule has 3 amide bonds. The van der Waals surface area contributed by atoms with Crippen LogP contribution in [0.2, 0.25) is 0 Å². The fourth-order valence-electron chi connectivity index (χ4n) is 4.31. The summed E-state index contributed by atoms with van der Waals surface area (Å²) in [4.78, 5) is 27.9. The Kier molecular flexibility index (Phi) is 5.41. The van der Waals surface area contributed by atoms with Crippen molar-refractivity contribution >= 4 is 11.9 Å². The smallest absolute Gasteiger partial charge is 0.317 e. The van der Waals surface area contributed by atoms with E-state index in [1.54, 1.807) is 0 Å². The Balaban J connectivity index is 1.38. The van der Waals surface area contributed by atoms with Gasteiger partial charge in [-0.05, 0) is 38.0 Å². The standard InChI is InChI=1S/C17H30N4O2/c18-16(22)14-5-9-21(10-6-14)17(23)19-15-7-8-20(12-15)11-13-3-1-2-4-13/h13-15H,1-12H2,(H2,18,22)(H,19,23)/t15-/m1/s1. The fraction of sp³-hybridized carbons (Fsp3) is 0.882. The van der Waals surface area contributed by atoms with E-state index < -0.39 is 0 Å². The second-order valence-electron chi connectivity index (χ2n) is 7.51. The molecule has 3 aliphatic rings.